The Labute approximate surface area is 313 Å². The second-order valence-corrected chi connectivity index (χ2v) is 16.4. The van der Waals surface area contributed by atoms with Crippen LogP contribution in [-0.2, 0) is 35.1 Å². The van der Waals surface area contributed by atoms with Gasteiger partial charge in [-0.3, -0.25) is 19.2 Å². The SMILES string of the molecule is COC(CC(=O)N1CCCC1C(OC)C(C)C(=O)NC(Cc1ccccc1)c1nccs1)C(C1CCC1)N(C)C(=O)C(NC(=O)C(C)(C)N)C(C)C. The maximum atomic E-state index is 14.2. The van der Waals surface area contributed by atoms with Gasteiger partial charge in [0.25, 0.3) is 0 Å². The van der Waals surface area contributed by atoms with Gasteiger partial charge in [-0.1, -0.05) is 57.5 Å². The lowest BCUT2D eigenvalue weighted by Crippen LogP contribution is -2.61. The van der Waals surface area contributed by atoms with Gasteiger partial charge in [-0.2, -0.15) is 0 Å². The maximum absolute atomic E-state index is 14.2. The molecule has 2 heterocycles. The first kappa shape index (κ1) is 41.4. The van der Waals surface area contributed by atoms with Crippen molar-refractivity contribution in [1.29, 1.82) is 0 Å². The normalized spacial score (nSPS) is 20.0. The zero-order valence-electron chi connectivity index (χ0n) is 32.2. The molecule has 2 aromatic rings. The minimum absolute atomic E-state index is 0.0700. The number of likely N-dealkylation sites (N-methyl/N-ethyl adjacent to an activating group) is 1. The van der Waals surface area contributed by atoms with Crippen LogP contribution in [0.15, 0.2) is 41.9 Å². The molecule has 1 aromatic carbocycles. The van der Waals surface area contributed by atoms with E-state index in [-0.39, 0.29) is 54.1 Å². The first-order chi connectivity index (χ1) is 24.7. The summed E-state index contributed by atoms with van der Waals surface area (Å²) in [4.78, 5) is 62.9. The second-order valence-electron chi connectivity index (χ2n) is 15.4. The summed E-state index contributed by atoms with van der Waals surface area (Å²) in [5.41, 5.74) is 5.99. The Balaban J connectivity index is 1.48. The number of aromatic nitrogens is 1. The number of benzene rings is 1. The van der Waals surface area contributed by atoms with Crippen LogP contribution >= 0.6 is 11.3 Å². The minimum Gasteiger partial charge on any atom is -0.379 e. The van der Waals surface area contributed by atoms with Crippen LogP contribution in [0.25, 0.3) is 0 Å². The summed E-state index contributed by atoms with van der Waals surface area (Å²) in [5.74, 6) is -1.47. The molecule has 7 atom stereocenters. The molecule has 2 aliphatic rings. The van der Waals surface area contributed by atoms with Crippen LogP contribution in [0.5, 0.6) is 0 Å². The molecule has 2 fully saturated rings. The number of hydrogen-bond acceptors (Lipinski definition) is 9. The monoisotopic (exact) mass is 740 g/mol. The number of nitrogens with one attached hydrogen (secondary N) is 2. The standard InChI is InChI=1S/C39H60N6O6S/c1-24(2)32(43-38(49)39(4,5)40)37(48)44(6)33(27-16-12-17-27)30(50-7)23-31(46)45-20-13-18-29(45)34(51-8)25(3)35(47)42-28(36-41-19-21-52-36)22-26-14-10-9-11-15-26/h9-11,14-15,19,21,24-25,27-30,32-34H,12-13,16-18,20,22-23,40H2,1-8H3,(H,42,47)(H,43,49). The minimum atomic E-state index is -1.14. The number of nitrogens with zero attached hydrogens (tertiary/aromatic N) is 3. The molecule has 0 spiro atoms. The number of carbonyl (C=O) groups excluding carboxylic acids is 4. The Morgan fingerprint density at radius 1 is 1.04 bits per heavy atom. The smallest absolute Gasteiger partial charge is 0.245 e. The zero-order valence-corrected chi connectivity index (χ0v) is 33.0. The van der Waals surface area contributed by atoms with Crippen LogP contribution in [0.1, 0.15) is 89.8 Å². The summed E-state index contributed by atoms with van der Waals surface area (Å²) in [6, 6.07) is 8.26. The van der Waals surface area contributed by atoms with E-state index in [9.17, 15) is 19.2 Å². The highest BCUT2D eigenvalue weighted by Gasteiger charge is 2.45. The Morgan fingerprint density at radius 3 is 2.27 bits per heavy atom. The van der Waals surface area contributed by atoms with Gasteiger partial charge in [0, 0.05) is 39.4 Å². The number of hydrogen-bond donors (Lipinski definition) is 3. The van der Waals surface area contributed by atoms with Gasteiger partial charge in [0.1, 0.15) is 11.0 Å². The molecule has 1 saturated heterocycles. The molecule has 13 heteroatoms. The van der Waals surface area contributed by atoms with Crippen LogP contribution in [0, 0.1) is 17.8 Å². The fourth-order valence-corrected chi connectivity index (χ4v) is 8.23. The maximum Gasteiger partial charge on any atom is 0.245 e. The van der Waals surface area contributed by atoms with Crippen LogP contribution in [0.2, 0.25) is 0 Å². The summed E-state index contributed by atoms with van der Waals surface area (Å²) < 4.78 is 12.0. The second kappa shape index (κ2) is 18.6. The predicted molar refractivity (Wildman–Crippen MR) is 202 cm³/mol. The van der Waals surface area contributed by atoms with Gasteiger partial charge in [-0.25, -0.2) is 4.98 Å². The van der Waals surface area contributed by atoms with Crippen LogP contribution in [-0.4, -0.2) is 102 Å². The Hall–Kier alpha value is -3.39. The van der Waals surface area contributed by atoms with Crippen molar-refractivity contribution in [2.24, 2.45) is 23.5 Å². The van der Waals surface area contributed by atoms with Crippen molar-refractivity contribution in [3.63, 3.8) is 0 Å². The molecule has 288 valence electrons. The molecule has 7 unspecified atom stereocenters. The first-order valence-electron chi connectivity index (χ1n) is 18.6. The lowest BCUT2D eigenvalue weighted by atomic mass is 9.76. The van der Waals surface area contributed by atoms with Crippen LogP contribution < -0.4 is 16.4 Å². The molecule has 1 saturated carbocycles. The number of ether oxygens (including phenoxy) is 2. The van der Waals surface area contributed by atoms with Crippen LogP contribution in [0.3, 0.4) is 0 Å². The molecule has 4 amide bonds. The Kier molecular flexibility index (Phi) is 14.8. The molecular weight excluding hydrogens is 681 g/mol. The van der Waals surface area contributed by atoms with Crippen molar-refractivity contribution in [3.05, 3.63) is 52.5 Å². The van der Waals surface area contributed by atoms with Crippen LogP contribution in [0.4, 0.5) is 0 Å². The van der Waals surface area contributed by atoms with Gasteiger partial charge < -0.3 is 35.6 Å². The van der Waals surface area contributed by atoms with E-state index in [0.717, 1.165) is 36.3 Å². The van der Waals surface area contributed by atoms with E-state index in [1.54, 1.807) is 46.2 Å². The van der Waals surface area contributed by atoms with Gasteiger partial charge in [0.2, 0.25) is 23.6 Å². The lowest BCUT2D eigenvalue weighted by molar-refractivity contribution is -0.149. The lowest BCUT2D eigenvalue weighted by Gasteiger charge is -2.45. The van der Waals surface area contributed by atoms with Gasteiger partial charge in [-0.05, 0) is 63.4 Å². The molecule has 4 rings (SSSR count). The molecule has 0 radical (unpaired) electrons. The number of amides is 4. The summed E-state index contributed by atoms with van der Waals surface area (Å²) in [6.07, 6.45) is 5.68. The van der Waals surface area contributed by atoms with E-state index in [1.807, 2.05) is 61.4 Å². The quantitative estimate of drug-likeness (QED) is 0.207. The van der Waals surface area contributed by atoms with E-state index in [4.69, 9.17) is 15.2 Å². The highest BCUT2D eigenvalue weighted by atomic mass is 32.1. The highest BCUT2D eigenvalue weighted by Crippen LogP contribution is 2.36. The fraction of sp³-hybridized carbons (Fsp3) is 0.667. The molecule has 1 aromatic heterocycles. The molecule has 12 nitrogen and oxygen atoms in total. The summed E-state index contributed by atoms with van der Waals surface area (Å²) >= 11 is 1.51. The Morgan fingerprint density at radius 2 is 1.73 bits per heavy atom. The predicted octanol–water partition coefficient (Wildman–Crippen LogP) is 4.10. The molecule has 0 bridgehead atoms. The largest absolute Gasteiger partial charge is 0.379 e. The van der Waals surface area contributed by atoms with Crippen molar-refractivity contribution in [2.45, 2.75) is 121 Å². The van der Waals surface area contributed by atoms with E-state index in [1.165, 1.54) is 11.3 Å². The van der Waals surface area contributed by atoms with Gasteiger partial charge in [-0.15, -0.1) is 11.3 Å². The van der Waals surface area contributed by atoms with Crippen molar-refractivity contribution >= 4 is 35.0 Å². The zero-order chi connectivity index (χ0) is 38.2. The molecule has 1 aliphatic carbocycles. The topological polar surface area (TPSA) is 156 Å². The fourth-order valence-electron chi connectivity index (χ4n) is 7.54. The summed E-state index contributed by atoms with van der Waals surface area (Å²) in [7, 11) is 4.92. The molecule has 52 heavy (non-hydrogen) atoms. The third kappa shape index (κ3) is 10.2. The number of rotatable bonds is 18. The molecular formula is C39H60N6O6S. The number of methoxy groups -OCH3 is 2. The Bertz CT molecular complexity index is 1460. The van der Waals surface area contributed by atoms with Gasteiger partial charge in [0.15, 0.2) is 0 Å². The average molecular weight is 741 g/mol. The number of thiazole rings is 1. The van der Waals surface area contributed by atoms with E-state index < -0.39 is 35.6 Å². The third-order valence-electron chi connectivity index (χ3n) is 10.8. The van der Waals surface area contributed by atoms with Crippen molar-refractivity contribution in [3.8, 4) is 0 Å². The van der Waals surface area contributed by atoms with Crippen molar-refractivity contribution < 1.29 is 28.7 Å². The van der Waals surface area contributed by atoms with E-state index >= 15 is 0 Å². The third-order valence-corrected chi connectivity index (χ3v) is 11.7. The molecule has 1 aliphatic heterocycles. The van der Waals surface area contributed by atoms with Crippen molar-refractivity contribution in [1.82, 2.24) is 25.4 Å². The highest BCUT2D eigenvalue weighted by molar-refractivity contribution is 7.09. The number of likely N-dealkylation sites (tertiary alicyclic amines) is 1. The number of carbonyl (C=O) groups is 4. The van der Waals surface area contributed by atoms with Gasteiger partial charge in [0.05, 0.1) is 48.2 Å². The summed E-state index contributed by atoms with van der Waals surface area (Å²) in [6.45, 7) is 9.39. The van der Waals surface area contributed by atoms with Crippen molar-refractivity contribution in [2.75, 3.05) is 27.8 Å². The van der Waals surface area contributed by atoms with E-state index in [2.05, 4.69) is 15.6 Å². The number of nitrogens with two attached hydrogens (primary N) is 1. The van der Waals surface area contributed by atoms with Gasteiger partial charge >= 0.3 is 0 Å². The summed E-state index contributed by atoms with van der Waals surface area (Å²) in [5, 5.41) is 8.83. The average Bonchev–Trinajstić information content (AvgIpc) is 3.80. The van der Waals surface area contributed by atoms with E-state index in [0.29, 0.717) is 19.4 Å². The molecule has 4 N–H and O–H groups in total. The first-order valence-corrected chi connectivity index (χ1v) is 19.5.